The Hall–Kier alpha value is -1.55. The summed E-state index contributed by atoms with van der Waals surface area (Å²) in [6.45, 7) is 2.27. The van der Waals surface area contributed by atoms with E-state index in [9.17, 15) is 0 Å². The molecule has 0 radical (unpaired) electrons. The van der Waals surface area contributed by atoms with Crippen molar-refractivity contribution in [2.75, 3.05) is 0 Å². The molecule has 1 aromatic rings. The van der Waals surface area contributed by atoms with Crippen molar-refractivity contribution in [3.8, 4) is 6.07 Å². The minimum absolute atomic E-state index is 0.660. The molecule has 2 saturated carbocycles. The normalized spacial score (nSPS) is 28.9. The van der Waals surface area contributed by atoms with Gasteiger partial charge < -0.3 is 0 Å². The Morgan fingerprint density at radius 1 is 0.889 bits per heavy atom. The molecule has 0 aliphatic heterocycles. The van der Waals surface area contributed by atoms with Crippen molar-refractivity contribution in [1.82, 2.24) is 0 Å². The Bertz CT molecular complexity index is 605. The van der Waals surface area contributed by atoms with Crippen LogP contribution in [0.2, 0.25) is 0 Å². The van der Waals surface area contributed by atoms with Crippen molar-refractivity contribution in [2.24, 2.45) is 17.8 Å². The number of rotatable bonds is 7. The molecule has 0 bridgehead atoms. The highest BCUT2D eigenvalue weighted by atomic mass is 14.4. The Morgan fingerprint density at radius 3 is 2.11 bits per heavy atom. The molecule has 1 nitrogen and oxygen atoms in total. The Kier molecular flexibility index (Phi) is 8.00. The fourth-order valence-corrected chi connectivity index (χ4v) is 5.45. The lowest BCUT2D eigenvalue weighted by atomic mass is 9.68. The van der Waals surface area contributed by atoms with Crippen molar-refractivity contribution in [1.29, 1.82) is 5.26 Å². The quantitative estimate of drug-likeness (QED) is 0.362. The van der Waals surface area contributed by atoms with Gasteiger partial charge in [-0.3, -0.25) is 0 Å². The molecule has 2 aliphatic rings. The molecule has 0 unspecified atom stereocenters. The van der Waals surface area contributed by atoms with Gasteiger partial charge in [0.2, 0.25) is 0 Å². The number of allylic oxidation sites excluding steroid dienone is 2. The van der Waals surface area contributed by atoms with Crippen molar-refractivity contribution < 1.29 is 0 Å². The van der Waals surface area contributed by atoms with E-state index in [2.05, 4.69) is 43.3 Å². The van der Waals surface area contributed by atoms with Crippen molar-refractivity contribution in [2.45, 2.75) is 89.9 Å². The zero-order valence-electron chi connectivity index (χ0n) is 17.2. The summed E-state index contributed by atoms with van der Waals surface area (Å²) in [5.41, 5.74) is 3.10. The van der Waals surface area contributed by atoms with Crippen LogP contribution in [0.4, 0.5) is 0 Å². The first kappa shape index (κ1) is 20.2. The molecule has 0 aromatic heterocycles. The molecule has 0 amide bonds. The summed E-state index contributed by atoms with van der Waals surface area (Å²) in [6.07, 6.45) is 20.0. The van der Waals surface area contributed by atoms with Gasteiger partial charge in [0.15, 0.2) is 0 Å². The van der Waals surface area contributed by atoms with E-state index in [4.69, 9.17) is 5.26 Å². The highest BCUT2D eigenvalue weighted by Gasteiger charge is 2.30. The lowest BCUT2D eigenvalue weighted by Gasteiger charge is -2.37. The third kappa shape index (κ3) is 5.97. The van der Waals surface area contributed by atoms with Crippen LogP contribution in [0, 0.1) is 29.1 Å². The van der Waals surface area contributed by atoms with Crippen LogP contribution in [-0.4, -0.2) is 0 Å². The monoisotopic (exact) mass is 363 g/mol. The second-order valence-electron chi connectivity index (χ2n) is 8.97. The molecule has 0 atom stereocenters. The van der Waals surface area contributed by atoms with E-state index in [0.29, 0.717) is 5.92 Å². The molecular weight excluding hydrogens is 326 g/mol. The second-order valence-corrected chi connectivity index (χ2v) is 8.97. The molecule has 0 saturated heterocycles. The second kappa shape index (κ2) is 10.7. The molecule has 146 valence electrons. The molecule has 1 heteroatoms. The molecule has 27 heavy (non-hydrogen) atoms. The van der Waals surface area contributed by atoms with Crippen LogP contribution in [0.15, 0.2) is 36.4 Å². The molecule has 3 rings (SSSR count). The van der Waals surface area contributed by atoms with Crippen molar-refractivity contribution in [3.63, 3.8) is 0 Å². The van der Waals surface area contributed by atoms with E-state index < -0.39 is 0 Å². The molecule has 0 N–H and O–H groups in total. The van der Waals surface area contributed by atoms with Crippen LogP contribution in [0.25, 0.3) is 0 Å². The maximum Gasteiger partial charge on any atom is 0.0908 e. The van der Waals surface area contributed by atoms with Crippen molar-refractivity contribution in [3.05, 3.63) is 47.5 Å². The minimum atomic E-state index is 0.660. The van der Waals surface area contributed by atoms with Gasteiger partial charge in [-0.1, -0.05) is 50.1 Å². The zero-order chi connectivity index (χ0) is 18.9. The third-order valence-corrected chi connectivity index (χ3v) is 7.22. The van der Waals surface area contributed by atoms with Crippen LogP contribution >= 0.6 is 0 Å². The number of aryl methyl sites for hydroxylation is 1. The summed E-state index contributed by atoms with van der Waals surface area (Å²) >= 11 is 0. The largest absolute Gasteiger partial charge is 0.193 e. The molecule has 1 aromatic carbocycles. The SMILES string of the molecule is CCCCCc1ccc([C@H]2CC[C@H]([C@H]3CC[C@H](C=CC#N)CC3)CC2)cc1. The minimum Gasteiger partial charge on any atom is -0.193 e. The number of nitriles is 1. The first-order valence-electron chi connectivity index (χ1n) is 11.4. The summed E-state index contributed by atoms with van der Waals surface area (Å²) in [7, 11) is 0. The van der Waals surface area contributed by atoms with E-state index in [1.54, 1.807) is 11.6 Å². The van der Waals surface area contributed by atoms with Crippen LogP contribution in [0.5, 0.6) is 0 Å². The van der Waals surface area contributed by atoms with Gasteiger partial charge in [-0.2, -0.15) is 5.26 Å². The molecule has 0 heterocycles. The summed E-state index contributed by atoms with van der Waals surface area (Å²) in [4.78, 5) is 0. The van der Waals surface area contributed by atoms with E-state index in [1.165, 1.54) is 82.6 Å². The summed E-state index contributed by atoms with van der Waals surface area (Å²) in [6, 6.07) is 11.7. The highest BCUT2D eigenvalue weighted by Crippen LogP contribution is 2.44. The number of hydrogen-bond acceptors (Lipinski definition) is 1. The number of nitrogens with zero attached hydrogens (tertiary/aromatic N) is 1. The van der Waals surface area contributed by atoms with E-state index in [0.717, 1.165) is 17.8 Å². The van der Waals surface area contributed by atoms with Gasteiger partial charge in [-0.05, 0) is 99.0 Å². The zero-order valence-corrected chi connectivity index (χ0v) is 17.2. The average molecular weight is 364 g/mol. The summed E-state index contributed by atoms with van der Waals surface area (Å²) in [5.74, 6) is 3.35. The molecule has 2 fully saturated rings. The van der Waals surface area contributed by atoms with Gasteiger partial charge in [0, 0.05) is 6.08 Å². The highest BCUT2D eigenvalue weighted by molar-refractivity contribution is 5.26. The maximum atomic E-state index is 8.70. The number of unbranched alkanes of at least 4 members (excludes halogenated alkanes) is 2. The smallest absolute Gasteiger partial charge is 0.0908 e. The maximum absolute atomic E-state index is 8.70. The number of benzene rings is 1. The van der Waals surface area contributed by atoms with Crippen LogP contribution in [0.3, 0.4) is 0 Å². The first-order valence-corrected chi connectivity index (χ1v) is 11.4. The summed E-state index contributed by atoms with van der Waals surface area (Å²) in [5, 5.41) is 8.70. The molecule has 2 aliphatic carbocycles. The third-order valence-electron chi connectivity index (χ3n) is 7.22. The van der Waals surface area contributed by atoms with Crippen LogP contribution < -0.4 is 0 Å². The predicted octanol–water partition coefficient (Wildman–Crippen LogP) is 7.58. The number of hydrogen-bond donors (Lipinski definition) is 0. The van der Waals surface area contributed by atoms with Crippen LogP contribution in [0.1, 0.15) is 94.6 Å². The topological polar surface area (TPSA) is 23.8 Å². The predicted molar refractivity (Wildman–Crippen MR) is 115 cm³/mol. The van der Waals surface area contributed by atoms with Gasteiger partial charge in [-0.15, -0.1) is 0 Å². The fourth-order valence-electron chi connectivity index (χ4n) is 5.45. The Morgan fingerprint density at radius 2 is 1.52 bits per heavy atom. The standard InChI is InChI=1S/C26H37N/c1-2-3-4-6-21-8-12-23(13-9-21)25-16-18-26(19-17-25)24-14-10-22(11-15-24)7-5-20-27/h5,7-9,12-13,22,24-26H,2-4,6,10-11,14-19H2,1H3/t22-,24-,25-,26-. The lowest BCUT2D eigenvalue weighted by Crippen LogP contribution is -2.25. The Labute approximate surface area is 166 Å². The van der Waals surface area contributed by atoms with Gasteiger partial charge in [0.1, 0.15) is 0 Å². The van der Waals surface area contributed by atoms with Crippen LogP contribution in [-0.2, 0) is 6.42 Å². The van der Waals surface area contributed by atoms with Gasteiger partial charge in [-0.25, -0.2) is 0 Å². The van der Waals surface area contributed by atoms with E-state index >= 15 is 0 Å². The van der Waals surface area contributed by atoms with Gasteiger partial charge >= 0.3 is 0 Å². The van der Waals surface area contributed by atoms with Gasteiger partial charge in [0.25, 0.3) is 0 Å². The van der Waals surface area contributed by atoms with Crippen molar-refractivity contribution >= 4 is 0 Å². The molecular formula is C26H37N. The van der Waals surface area contributed by atoms with E-state index in [1.807, 2.05) is 0 Å². The fraction of sp³-hybridized carbons (Fsp3) is 0.654. The van der Waals surface area contributed by atoms with E-state index in [-0.39, 0.29) is 0 Å². The lowest BCUT2D eigenvalue weighted by molar-refractivity contribution is 0.171. The average Bonchev–Trinajstić information content (AvgIpc) is 2.73. The Balaban J connectivity index is 1.42. The van der Waals surface area contributed by atoms with Gasteiger partial charge in [0.05, 0.1) is 6.07 Å². The summed E-state index contributed by atoms with van der Waals surface area (Å²) < 4.78 is 0. The molecule has 0 spiro atoms. The first-order chi connectivity index (χ1) is 13.3.